The molecule has 1 heterocycles. The molecule has 0 saturated carbocycles. The Morgan fingerprint density at radius 2 is 1.78 bits per heavy atom. The summed E-state index contributed by atoms with van der Waals surface area (Å²) in [6.45, 7) is 3.64. The van der Waals surface area contributed by atoms with Crippen LogP contribution >= 0.6 is 7.82 Å². The molecular formula is C15H19O7P. The van der Waals surface area contributed by atoms with E-state index in [1.54, 1.807) is 32.0 Å². The predicted molar refractivity (Wildman–Crippen MR) is 84.7 cm³/mol. The van der Waals surface area contributed by atoms with Crippen LogP contribution in [0.1, 0.15) is 19.4 Å². The number of benzene rings is 1. The van der Waals surface area contributed by atoms with E-state index in [1.165, 1.54) is 13.2 Å². The first-order valence-electron chi connectivity index (χ1n) is 7.15. The molecule has 0 N–H and O–H groups in total. The quantitative estimate of drug-likeness (QED) is 0.536. The maximum Gasteiger partial charge on any atom is 0.475 e. The number of phosphoric acid groups is 1. The molecule has 0 aliphatic carbocycles. The Morgan fingerprint density at radius 1 is 1.09 bits per heavy atom. The first kappa shape index (κ1) is 17.7. The van der Waals surface area contributed by atoms with Gasteiger partial charge in [-0.3, -0.25) is 13.6 Å². The molecule has 0 saturated heterocycles. The van der Waals surface area contributed by atoms with Crippen LogP contribution in [0.4, 0.5) is 0 Å². The third-order valence-corrected chi connectivity index (χ3v) is 4.58. The van der Waals surface area contributed by atoms with E-state index in [-0.39, 0.29) is 19.8 Å². The second-order valence-corrected chi connectivity index (χ2v) is 6.18. The molecule has 8 heteroatoms. The molecule has 126 valence electrons. The molecule has 2 rings (SSSR count). The first-order chi connectivity index (χ1) is 11.0. The molecule has 0 aliphatic rings. The summed E-state index contributed by atoms with van der Waals surface area (Å²) in [5, 5.41) is 0.657. The molecule has 23 heavy (non-hydrogen) atoms. The van der Waals surface area contributed by atoms with E-state index in [0.717, 1.165) is 0 Å². The minimum atomic E-state index is -3.65. The van der Waals surface area contributed by atoms with Gasteiger partial charge in [0, 0.05) is 17.5 Å². The highest BCUT2D eigenvalue weighted by Gasteiger charge is 2.25. The summed E-state index contributed by atoms with van der Waals surface area (Å²) in [6.07, 6.45) is 0. The highest BCUT2D eigenvalue weighted by Crippen LogP contribution is 2.50. The van der Waals surface area contributed by atoms with Crippen LogP contribution in [0.25, 0.3) is 11.0 Å². The van der Waals surface area contributed by atoms with Crippen molar-refractivity contribution >= 4 is 18.8 Å². The van der Waals surface area contributed by atoms with Gasteiger partial charge >= 0.3 is 13.4 Å². The molecule has 7 nitrogen and oxygen atoms in total. The van der Waals surface area contributed by atoms with Crippen molar-refractivity contribution in [2.24, 2.45) is 0 Å². The van der Waals surface area contributed by atoms with E-state index in [4.69, 9.17) is 22.7 Å². The Hall–Kier alpha value is -1.66. The summed E-state index contributed by atoms with van der Waals surface area (Å²) in [5.74, 6) is 0.563. The third-order valence-electron chi connectivity index (χ3n) is 2.99. The highest BCUT2D eigenvalue weighted by molar-refractivity contribution is 7.48. The molecular weight excluding hydrogens is 323 g/mol. The maximum absolute atomic E-state index is 12.3. The fourth-order valence-electron chi connectivity index (χ4n) is 2.03. The Bertz CT molecular complexity index is 758. The minimum Gasteiger partial charge on any atom is -0.497 e. The van der Waals surface area contributed by atoms with Crippen molar-refractivity contribution in [2.45, 2.75) is 20.5 Å². The van der Waals surface area contributed by atoms with Gasteiger partial charge < -0.3 is 9.15 Å². The summed E-state index contributed by atoms with van der Waals surface area (Å²) in [5.41, 5.74) is 0.351. The van der Waals surface area contributed by atoms with E-state index < -0.39 is 13.4 Å². The van der Waals surface area contributed by atoms with Crippen molar-refractivity contribution in [3.05, 3.63) is 40.2 Å². The number of hydrogen-bond acceptors (Lipinski definition) is 7. The van der Waals surface area contributed by atoms with Crippen LogP contribution in [0.5, 0.6) is 5.75 Å². The van der Waals surface area contributed by atoms with Gasteiger partial charge in [-0.1, -0.05) is 0 Å². The summed E-state index contributed by atoms with van der Waals surface area (Å²) in [4.78, 5) is 11.7. The molecule has 1 aromatic carbocycles. The van der Waals surface area contributed by atoms with Crippen molar-refractivity contribution in [2.75, 3.05) is 20.3 Å². The van der Waals surface area contributed by atoms with E-state index in [0.29, 0.717) is 22.3 Å². The van der Waals surface area contributed by atoms with E-state index in [2.05, 4.69) is 0 Å². The summed E-state index contributed by atoms with van der Waals surface area (Å²) in [6, 6.07) is 6.36. The molecule has 0 atom stereocenters. The molecule has 0 fully saturated rings. The predicted octanol–water partition coefficient (Wildman–Crippen LogP) is 3.50. The average Bonchev–Trinajstić information content (AvgIpc) is 2.52. The van der Waals surface area contributed by atoms with E-state index >= 15 is 0 Å². The molecule has 0 aliphatic heterocycles. The smallest absolute Gasteiger partial charge is 0.475 e. The Morgan fingerprint density at radius 3 is 2.39 bits per heavy atom. The van der Waals surface area contributed by atoms with Gasteiger partial charge in [-0.25, -0.2) is 9.36 Å². The topological polar surface area (TPSA) is 84.2 Å². The van der Waals surface area contributed by atoms with Crippen LogP contribution in [0.3, 0.4) is 0 Å². The lowest BCUT2D eigenvalue weighted by molar-refractivity contribution is 0.116. The number of rotatable bonds is 8. The van der Waals surface area contributed by atoms with Crippen LogP contribution in [0.15, 0.2) is 33.5 Å². The lowest BCUT2D eigenvalue weighted by Gasteiger charge is -2.16. The average molecular weight is 342 g/mol. The zero-order valence-electron chi connectivity index (χ0n) is 13.2. The molecule has 0 amide bonds. The van der Waals surface area contributed by atoms with Crippen molar-refractivity contribution in [1.82, 2.24) is 0 Å². The molecule has 0 spiro atoms. The van der Waals surface area contributed by atoms with Gasteiger partial charge in [-0.15, -0.1) is 0 Å². The first-order valence-corrected chi connectivity index (χ1v) is 8.61. The van der Waals surface area contributed by atoms with Gasteiger partial charge in [0.1, 0.15) is 11.3 Å². The second-order valence-electron chi connectivity index (χ2n) is 4.51. The zero-order chi connectivity index (χ0) is 16.9. The lowest BCUT2D eigenvalue weighted by Crippen LogP contribution is -2.04. The van der Waals surface area contributed by atoms with Crippen molar-refractivity contribution < 1.29 is 27.3 Å². The molecule has 0 bridgehead atoms. The summed E-state index contributed by atoms with van der Waals surface area (Å²) in [7, 11) is -2.13. The summed E-state index contributed by atoms with van der Waals surface area (Å²) < 4.78 is 38.0. The molecule has 0 radical (unpaired) electrons. The molecule has 1 aromatic heterocycles. The number of phosphoric ester groups is 1. The van der Waals surface area contributed by atoms with Crippen LogP contribution in [-0.4, -0.2) is 20.3 Å². The van der Waals surface area contributed by atoms with Crippen LogP contribution in [0.2, 0.25) is 0 Å². The van der Waals surface area contributed by atoms with Gasteiger partial charge in [0.25, 0.3) is 0 Å². The van der Waals surface area contributed by atoms with E-state index in [9.17, 15) is 9.36 Å². The van der Waals surface area contributed by atoms with Crippen molar-refractivity contribution in [3.8, 4) is 5.75 Å². The maximum atomic E-state index is 12.3. The fraction of sp³-hybridized carbons (Fsp3) is 0.400. The Labute approximate surface area is 133 Å². The van der Waals surface area contributed by atoms with Gasteiger partial charge in [0.05, 0.1) is 26.9 Å². The summed E-state index contributed by atoms with van der Waals surface area (Å²) >= 11 is 0. The van der Waals surface area contributed by atoms with Gasteiger partial charge in [0.15, 0.2) is 0 Å². The highest BCUT2D eigenvalue weighted by atomic mass is 31.2. The SMILES string of the molecule is CCOP(=O)(OCC)OCc1cc(=O)oc2cc(OC)ccc12. The Kier molecular flexibility index (Phi) is 5.96. The normalized spacial score (nSPS) is 11.8. The van der Waals surface area contributed by atoms with Crippen LogP contribution in [-0.2, 0) is 24.7 Å². The van der Waals surface area contributed by atoms with Crippen LogP contribution < -0.4 is 10.4 Å². The van der Waals surface area contributed by atoms with Gasteiger partial charge in [0.2, 0.25) is 0 Å². The van der Waals surface area contributed by atoms with Gasteiger partial charge in [-0.2, -0.15) is 0 Å². The molecule has 2 aromatic rings. The van der Waals surface area contributed by atoms with Crippen molar-refractivity contribution in [3.63, 3.8) is 0 Å². The minimum absolute atomic E-state index is 0.105. The van der Waals surface area contributed by atoms with Crippen LogP contribution in [0, 0.1) is 0 Å². The lowest BCUT2D eigenvalue weighted by atomic mass is 10.1. The zero-order valence-corrected chi connectivity index (χ0v) is 14.1. The standard InChI is InChI=1S/C15H19O7P/c1-4-19-23(17,20-5-2)21-10-11-8-15(16)22-14-9-12(18-3)6-7-13(11)14/h6-9H,4-5,10H2,1-3H3. The molecule has 0 unspecified atom stereocenters. The number of methoxy groups -OCH3 is 1. The third kappa shape index (κ3) is 4.42. The second kappa shape index (κ2) is 7.75. The van der Waals surface area contributed by atoms with Crippen molar-refractivity contribution in [1.29, 1.82) is 0 Å². The number of hydrogen-bond donors (Lipinski definition) is 0. The Balaban J connectivity index is 2.32. The number of ether oxygens (including phenoxy) is 1. The van der Waals surface area contributed by atoms with Gasteiger partial charge in [-0.05, 0) is 31.5 Å². The largest absolute Gasteiger partial charge is 0.497 e. The number of fused-ring (bicyclic) bond motifs is 1. The fourth-order valence-corrected chi connectivity index (χ4v) is 3.19. The van der Waals surface area contributed by atoms with E-state index in [1.807, 2.05) is 0 Å². The monoisotopic (exact) mass is 342 g/mol.